The molecule has 1 heteroatoms. The highest BCUT2D eigenvalue weighted by molar-refractivity contribution is 5.29. The minimum absolute atomic E-state index is 0.135. The van der Waals surface area contributed by atoms with Gasteiger partial charge < -0.3 is 5.11 Å². The standard InChI is InChI=1S/C18H28O/c1-14-10-12-16(13-11-14)18(19,17(2,3)4)15-8-6-5-7-9-15/h10-13,15,19H,5-9H2,1-4H3. The molecule has 1 fully saturated rings. The van der Waals surface area contributed by atoms with Crippen LogP contribution < -0.4 is 0 Å². The Hall–Kier alpha value is -0.820. The number of aliphatic hydroxyl groups is 1. The fourth-order valence-corrected chi connectivity index (χ4v) is 3.61. The first-order valence-electron chi connectivity index (χ1n) is 7.65. The summed E-state index contributed by atoms with van der Waals surface area (Å²) in [5.41, 5.74) is 1.51. The molecule has 0 amide bonds. The van der Waals surface area contributed by atoms with Gasteiger partial charge in [-0.25, -0.2) is 0 Å². The van der Waals surface area contributed by atoms with Crippen molar-refractivity contribution < 1.29 is 5.11 Å². The average molecular weight is 260 g/mol. The molecule has 0 aromatic heterocycles. The molecule has 19 heavy (non-hydrogen) atoms. The van der Waals surface area contributed by atoms with Gasteiger partial charge in [0.25, 0.3) is 0 Å². The molecule has 1 unspecified atom stereocenters. The van der Waals surface area contributed by atoms with E-state index in [4.69, 9.17) is 0 Å². The first kappa shape index (κ1) is 14.6. The minimum Gasteiger partial charge on any atom is -0.384 e. The van der Waals surface area contributed by atoms with Gasteiger partial charge in [-0.2, -0.15) is 0 Å². The third-order valence-corrected chi connectivity index (χ3v) is 4.83. The molecule has 0 aliphatic heterocycles. The largest absolute Gasteiger partial charge is 0.384 e. The lowest BCUT2D eigenvalue weighted by atomic mass is 9.61. The third kappa shape index (κ3) is 2.72. The van der Waals surface area contributed by atoms with Gasteiger partial charge in [-0.1, -0.05) is 69.9 Å². The number of hydrogen-bond donors (Lipinski definition) is 1. The molecular weight excluding hydrogens is 232 g/mol. The highest BCUT2D eigenvalue weighted by Gasteiger charge is 2.47. The van der Waals surface area contributed by atoms with Crippen molar-refractivity contribution in [3.05, 3.63) is 35.4 Å². The molecule has 1 aromatic carbocycles. The van der Waals surface area contributed by atoms with Crippen molar-refractivity contribution in [2.45, 2.75) is 65.4 Å². The fourth-order valence-electron chi connectivity index (χ4n) is 3.61. The Morgan fingerprint density at radius 3 is 1.95 bits per heavy atom. The van der Waals surface area contributed by atoms with Crippen LogP contribution in [0.1, 0.15) is 64.0 Å². The minimum atomic E-state index is -0.707. The number of rotatable bonds is 2. The van der Waals surface area contributed by atoms with Gasteiger partial charge in [0.2, 0.25) is 0 Å². The molecule has 1 N–H and O–H groups in total. The van der Waals surface area contributed by atoms with E-state index in [1.54, 1.807) is 0 Å². The molecular formula is C18H28O. The van der Waals surface area contributed by atoms with Crippen LogP contribution in [0, 0.1) is 18.3 Å². The Kier molecular flexibility index (Phi) is 4.06. The van der Waals surface area contributed by atoms with E-state index in [1.165, 1.54) is 24.8 Å². The molecule has 1 aromatic rings. The van der Waals surface area contributed by atoms with E-state index in [1.807, 2.05) is 0 Å². The predicted octanol–water partition coefficient (Wildman–Crippen LogP) is 4.81. The first-order valence-corrected chi connectivity index (χ1v) is 7.65. The lowest BCUT2D eigenvalue weighted by molar-refractivity contribution is -0.122. The molecule has 1 atom stereocenters. The second-order valence-electron chi connectivity index (χ2n) is 7.22. The summed E-state index contributed by atoms with van der Waals surface area (Å²) in [7, 11) is 0. The van der Waals surface area contributed by atoms with Crippen molar-refractivity contribution in [3.8, 4) is 0 Å². The molecule has 0 bridgehead atoms. The van der Waals surface area contributed by atoms with E-state index in [-0.39, 0.29) is 5.41 Å². The molecule has 1 nitrogen and oxygen atoms in total. The zero-order valence-electron chi connectivity index (χ0n) is 12.9. The summed E-state index contributed by atoms with van der Waals surface area (Å²) in [6.07, 6.45) is 6.15. The Balaban J connectivity index is 2.42. The topological polar surface area (TPSA) is 20.2 Å². The summed E-state index contributed by atoms with van der Waals surface area (Å²) in [5, 5.41) is 11.5. The van der Waals surface area contributed by atoms with E-state index in [0.29, 0.717) is 5.92 Å². The van der Waals surface area contributed by atoms with E-state index in [9.17, 15) is 5.11 Å². The molecule has 0 spiro atoms. The van der Waals surface area contributed by atoms with Gasteiger partial charge in [0.15, 0.2) is 0 Å². The first-order chi connectivity index (χ1) is 8.85. The van der Waals surface area contributed by atoms with Gasteiger partial charge in [-0.15, -0.1) is 0 Å². The average Bonchev–Trinajstić information content (AvgIpc) is 2.38. The van der Waals surface area contributed by atoms with Crippen LogP contribution >= 0.6 is 0 Å². The highest BCUT2D eigenvalue weighted by Crippen LogP contribution is 2.49. The van der Waals surface area contributed by atoms with Crippen LogP contribution in [0.3, 0.4) is 0 Å². The molecule has 1 saturated carbocycles. The fraction of sp³-hybridized carbons (Fsp3) is 0.667. The quantitative estimate of drug-likeness (QED) is 0.809. The third-order valence-electron chi connectivity index (χ3n) is 4.83. The van der Waals surface area contributed by atoms with E-state index < -0.39 is 5.60 Å². The van der Waals surface area contributed by atoms with E-state index >= 15 is 0 Å². The van der Waals surface area contributed by atoms with Crippen molar-refractivity contribution in [2.75, 3.05) is 0 Å². The second-order valence-corrected chi connectivity index (χ2v) is 7.22. The van der Waals surface area contributed by atoms with Crippen molar-refractivity contribution in [3.63, 3.8) is 0 Å². The SMILES string of the molecule is Cc1ccc(C(O)(C2CCCCC2)C(C)(C)C)cc1. The van der Waals surface area contributed by atoms with Crippen LogP contribution in [0.25, 0.3) is 0 Å². The number of benzene rings is 1. The Morgan fingerprint density at radius 1 is 0.947 bits per heavy atom. The lowest BCUT2D eigenvalue weighted by Gasteiger charge is -2.48. The van der Waals surface area contributed by atoms with Gasteiger partial charge >= 0.3 is 0 Å². The monoisotopic (exact) mass is 260 g/mol. The van der Waals surface area contributed by atoms with Crippen molar-refractivity contribution in [1.82, 2.24) is 0 Å². The van der Waals surface area contributed by atoms with Crippen LogP contribution in [0.15, 0.2) is 24.3 Å². The summed E-state index contributed by atoms with van der Waals surface area (Å²) in [5.74, 6) is 0.393. The summed E-state index contributed by atoms with van der Waals surface area (Å²) in [6, 6.07) is 8.48. The van der Waals surface area contributed by atoms with E-state index in [0.717, 1.165) is 18.4 Å². The Labute approximate surface area is 118 Å². The van der Waals surface area contributed by atoms with Crippen LogP contribution in [0.2, 0.25) is 0 Å². The normalized spacial score (nSPS) is 21.1. The summed E-state index contributed by atoms with van der Waals surface area (Å²) in [6.45, 7) is 8.60. The number of hydrogen-bond acceptors (Lipinski definition) is 1. The molecule has 0 radical (unpaired) electrons. The van der Waals surface area contributed by atoms with Gasteiger partial charge in [0.1, 0.15) is 0 Å². The zero-order chi connectivity index (χ0) is 14.1. The molecule has 2 rings (SSSR count). The second kappa shape index (κ2) is 5.28. The summed E-state index contributed by atoms with van der Waals surface area (Å²) < 4.78 is 0. The van der Waals surface area contributed by atoms with Crippen molar-refractivity contribution in [1.29, 1.82) is 0 Å². The maximum absolute atomic E-state index is 11.5. The van der Waals surface area contributed by atoms with Gasteiger partial charge in [0.05, 0.1) is 5.60 Å². The molecule has 106 valence electrons. The Bertz CT molecular complexity index is 406. The van der Waals surface area contributed by atoms with Crippen LogP contribution in [0.5, 0.6) is 0 Å². The molecule has 0 heterocycles. The molecule has 1 aliphatic rings. The smallest absolute Gasteiger partial charge is 0.0972 e. The van der Waals surface area contributed by atoms with Crippen LogP contribution in [-0.4, -0.2) is 5.11 Å². The molecule has 1 aliphatic carbocycles. The number of aryl methyl sites for hydroxylation is 1. The maximum atomic E-state index is 11.5. The summed E-state index contributed by atoms with van der Waals surface area (Å²) >= 11 is 0. The Morgan fingerprint density at radius 2 is 1.47 bits per heavy atom. The van der Waals surface area contributed by atoms with Crippen molar-refractivity contribution >= 4 is 0 Å². The van der Waals surface area contributed by atoms with Crippen LogP contribution in [0.4, 0.5) is 0 Å². The van der Waals surface area contributed by atoms with Crippen LogP contribution in [-0.2, 0) is 5.60 Å². The maximum Gasteiger partial charge on any atom is 0.0972 e. The lowest BCUT2D eigenvalue weighted by Crippen LogP contribution is -2.47. The highest BCUT2D eigenvalue weighted by atomic mass is 16.3. The van der Waals surface area contributed by atoms with Crippen molar-refractivity contribution in [2.24, 2.45) is 11.3 Å². The van der Waals surface area contributed by atoms with Gasteiger partial charge in [-0.05, 0) is 36.7 Å². The van der Waals surface area contributed by atoms with Gasteiger partial charge in [-0.3, -0.25) is 0 Å². The zero-order valence-corrected chi connectivity index (χ0v) is 12.9. The summed E-state index contributed by atoms with van der Waals surface area (Å²) in [4.78, 5) is 0. The molecule has 0 saturated heterocycles. The van der Waals surface area contributed by atoms with E-state index in [2.05, 4.69) is 52.0 Å². The predicted molar refractivity (Wildman–Crippen MR) is 81.1 cm³/mol. The van der Waals surface area contributed by atoms with Gasteiger partial charge in [0, 0.05) is 0 Å².